The molecule has 0 heterocycles. The molecule has 0 bridgehead atoms. The number of nitrogens with one attached hydrogen (secondary N) is 3. The Labute approximate surface area is 150 Å². The van der Waals surface area contributed by atoms with Crippen molar-refractivity contribution in [2.75, 3.05) is 25.4 Å². The second-order valence-electron chi connectivity index (χ2n) is 5.73. The summed E-state index contributed by atoms with van der Waals surface area (Å²) in [6.07, 6.45) is 7.81. The molecule has 0 saturated carbocycles. The minimum absolute atomic E-state index is 0.0892. The highest BCUT2D eigenvalue weighted by atomic mass is 32.1. The van der Waals surface area contributed by atoms with E-state index in [0.29, 0.717) is 38.2 Å². The van der Waals surface area contributed by atoms with Crippen LogP contribution in [0.5, 0.6) is 0 Å². The van der Waals surface area contributed by atoms with Crippen LogP contribution in [0.2, 0.25) is 0 Å². The van der Waals surface area contributed by atoms with Crippen molar-refractivity contribution >= 4 is 30.9 Å². The van der Waals surface area contributed by atoms with Crippen LogP contribution < -0.4 is 21.7 Å². The first-order chi connectivity index (χ1) is 11.6. The molecule has 0 aliphatic heterocycles. The van der Waals surface area contributed by atoms with Crippen LogP contribution in [-0.2, 0) is 14.4 Å². The van der Waals surface area contributed by atoms with Crippen molar-refractivity contribution < 1.29 is 14.4 Å². The highest BCUT2D eigenvalue weighted by Gasteiger charge is 2.09. The predicted molar refractivity (Wildman–Crippen MR) is 98.9 cm³/mol. The number of rotatable bonds is 16. The van der Waals surface area contributed by atoms with E-state index in [1.807, 2.05) is 0 Å². The van der Waals surface area contributed by atoms with E-state index < -0.39 is 6.04 Å². The molecule has 0 radical (unpaired) electrons. The number of hydrogen-bond donors (Lipinski definition) is 5. The zero-order valence-corrected chi connectivity index (χ0v) is 15.3. The van der Waals surface area contributed by atoms with E-state index in [2.05, 4.69) is 28.6 Å². The molecule has 24 heavy (non-hydrogen) atoms. The van der Waals surface area contributed by atoms with Gasteiger partial charge in [-0.3, -0.25) is 14.4 Å². The molecule has 0 fully saturated rings. The van der Waals surface area contributed by atoms with Crippen LogP contribution in [0.4, 0.5) is 0 Å². The lowest BCUT2D eigenvalue weighted by molar-refractivity contribution is -0.122. The largest absolute Gasteiger partial charge is 0.359 e. The van der Waals surface area contributed by atoms with E-state index in [0.717, 1.165) is 44.9 Å². The Morgan fingerprint density at radius 3 is 2.12 bits per heavy atom. The van der Waals surface area contributed by atoms with Crippen molar-refractivity contribution in [2.45, 2.75) is 57.4 Å². The Bertz CT molecular complexity index is 356. The molecular formula is C16H32N4O3S. The summed E-state index contributed by atoms with van der Waals surface area (Å²) < 4.78 is 0. The maximum absolute atomic E-state index is 11.6. The average Bonchev–Trinajstić information content (AvgIpc) is 2.59. The van der Waals surface area contributed by atoms with Gasteiger partial charge in [-0.15, -0.1) is 0 Å². The number of hydrogen-bond acceptors (Lipinski definition) is 5. The highest BCUT2D eigenvalue weighted by Crippen LogP contribution is 2.00. The molecule has 0 aliphatic rings. The Hall–Kier alpha value is -1.28. The standard InChI is InChI=1S/C16H32N4O3S/c17-14(12-24)16(23)20-11-7-2-1-6-10-19-15(22)8-4-3-5-9-18-13-21/h13-14,24H,1-12,17H2,(H,18,21)(H,19,22)(H,20,23). The molecule has 0 saturated heterocycles. The van der Waals surface area contributed by atoms with Crippen molar-refractivity contribution in [1.82, 2.24) is 16.0 Å². The third-order valence-corrected chi connectivity index (χ3v) is 3.96. The molecule has 8 heteroatoms. The number of unbranched alkanes of at least 4 members (excludes halogenated alkanes) is 5. The smallest absolute Gasteiger partial charge is 0.237 e. The van der Waals surface area contributed by atoms with Gasteiger partial charge in [0.1, 0.15) is 0 Å². The van der Waals surface area contributed by atoms with E-state index in [1.165, 1.54) is 0 Å². The fraction of sp³-hybridized carbons (Fsp3) is 0.812. The van der Waals surface area contributed by atoms with Crippen molar-refractivity contribution in [3.63, 3.8) is 0 Å². The molecule has 140 valence electrons. The lowest BCUT2D eigenvalue weighted by atomic mass is 10.1. The Kier molecular flexibility index (Phi) is 15.7. The summed E-state index contributed by atoms with van der Waals surface area (Å²) in [4.78, 5) is 33.0. The van der Waals surface area contributed by atoms with Gasteiger partial charge in [-0.05, 0) is 25.7 Å². The van der Waals surface area contributed by atoms with Gasteiger partial charge in [0.05, 0.1) is 6.04 Å². The fourth-order valence-corrected chi connectivity index (χ4v) is 2.26. The number of carbonyl (C=O) groups excluding carboxylic acids is 3. The number of thiol groups is 1. The zero-order chi connectivity index (χ0) is 18.0. The second-order valence-corrected chi connectivity index (χ2v) is 6.09. The van der Waals surface area contributed by atoms with Gasteiger partial charge < -0.3 is 21.7 Å². The molecule has 0 spiro atoms. The van der Waals surface area contributed by atoms with Crippen LogP contribution in [0, 0.1) is 0 Å². The Morgan fingerprint density at radius 1 is 0.917 bits per heavy atom. The lowest BCUT2D eigenvalue weighted by Crippen LogP contribution is -2.42. The second kappa shape index (κ2) is 16.6. The zero-order valence-electron chi connectivity index (χ0n) is 14.4. The first kappa shape index (κ1) is 22.7. The summed E-state index contributed by atoms with van der Waals surface area (Å²) >= 11 is 3.98. The van der Waals surface area contributed by atoms with Gasteiger partial charge in [0.15, 0.2) is 0 Å². The van der Waals surface area contributed by atoms with Crippen LogP contribution in [0.1, 0.15) is 51.4 Å². The first-order valence-electron chi connectivity index (χ1n) is 8.69. The predicted octanol–water partition coefficient (Wildman–Crippen LogP) is 0.343. The SMILES string of the molecule is NC(CS)C(=O)NCCCCCCNC(=O)CCCCCNC=O. The van der Waals surface area contributed by atoms with Crippen LogP contribution in [-0.4, -0.2) is 49.7 Å². The van der Waals surface area contributed by atoms with Gasteiger partial charge in [-0.2, -0.15) is 12.6 Å². The minimum atomic E-state index is -0.537. The molecule has 7 nitrogen and oxygen atoms in total. The van der Waals surface area contributed by atoms with E-state index in [9.17, 15) is 14.4 Å². The van der Waals surface area contributed by atoms with Crippen LogP contribution >= 0.6 is 12.6 Å². The number of nitrogens with two attached hydrogens (primary N) is 1. The molecule has 0 aromatic carbocycles. The van der Waals surface area contributed by atoms with Crippen molar-refractivity contribution in [2.24, 2.45) is 5.73 Å². The van der Waals surface area contributed by atoms with Crippen molar-refractivity contribution in [3.8, 4) is 0 Å². The monoisotopic (exact) mass is 360 g/mol. The minimum Gasteiger partial charge on any atom is -0.359 e. The van der Waals surface area contributed by atoms with Crippen LogP contribution in [0.3, 0.4) is 0 Å². The molecule has 1 unspecified atom stereocenters. The van der Waals surface area contributed by atoms with E-state index in [1.54, 1.807) is 0 Å². The number of carbonyl (C=O) groups is 3. The summed E-state index contributed by atoms with van der Waals surface area (Å²) in [6.45, 7) is 2.00. The summed E-state index contributed by atoms with van der Waals surface area (Å²) in [5.74, 6) is 0.284. The van der Waals surface area contributed by atoms with Gasteiger partial charge in [0, 0.05) is 31.8 Å². The Balaban J connectivity index is 3.30. The Morgan fingerprint density at radius 2 is 1.50 bits per heavy atom. The van der Waals surface area contributed by atoms with Gasteiger partial charge in [-0.1, -0.05) is 19.3 Å². The molecule has 0 aromatic rings. The maximum atomic E-state index is 11.6. The molecule has 0 aromatic heterocycles. The van der Waals surface area contributed by atoms with Crippen molar-refractivity contribution in [1.29, 1.82) is 0 Å². The van der Waals surface area contributed by atoms with Gasteiger partial charge in [0.2, 0.25) is 18.2 Å². The van der Waals surface area contributed by atoms with Crippen LogP contribution in [0.25, 0.3) is 0 Å². The normalized spacial score (nSPS) is 11.6. The molecule has 0 rings (SSSR count). The highest BCUT2D eigenvalue weighted by molar-refractivity contribution is 7.80. The number of amides is 3. The summed E-state index contributed by atoms with van der Waals surface area (Å²) in [5, 5.41) is 8.29. The quantitative estimate of drug-likeness (QED) is 0.155. The topological polar surface area (TPSA) is 113 Å². The van der Waals surface area contributed by atoms with Gasteiger partial charge in [-0.25, -0.2) is 0 Å². The molecule has 1 atom stereocenters. The lowest BCUT2D eigenvalue weighted by Gasteiger charge is -2.09. The summed E-state index contributed by atoms with van der Waals surface area (Å²) in [7, 11) is 0. The van der Waals surface area contributed by atoms with Gasteiger partial charge in [0.25, 0.3) is 0 Å². The summed E-state index contributed by atoms with van der Waals surface area (Å²) in [6, 6.07) is -0.537. The molecule has 5 N–H and O–H groups in total. The summed E-state index contributed by atoms with van der Waals surface area (Å²) in [5.41, 5.74) is 5.54. The van der Waals surface area contributed by atoms with E-state index in [4.69, 9.17) is 5.73 Å². The third kappa shape index (κ3) is 14.3. The molecular weight excluding hydrogens is 328 g/mol. The average molecular weight is 361 g/mol. The first-order valence-corrected chi connectivity index (χ1v) is 9.33. The van der Waals surface area contributed by atoms with E-state index >= 15 is 0 Å². The molecule has 0 aliphatic carbocycles. The van der Waals surface area contributed by atoms with Crippen LogP contribution in [0.15, 0.2) is 0 Å². The van der Waals surface area contributed by atoms with E-state index in [-0.39, 0.29) is 11.8 Å². The maximum Gasteiger partial charge on any atom is 0.237 e. The van der Waals surface area contributed by atoms with Gasteiger partial charge >= 0.3 is 0 Å². The fourth-order valence-electron chi connectivity index (χ4n) is 2.09. The van der Waals surface area contributed by atoms with Crippen molar-refractivity contribution in [3.05, 3.63) is 0 Å². The third-order valence-electron chi connectivity index (χ3n) is 3.57. The molecule has 3 amide bonds.